The Hall–Kier alpha value is -4.40. The van der Waals surface area contributed by atoms with Crippen molar-refractivity contribution in [1.82, 2.24) is 24.6 Å². The Morgan fingerprint density at radius 1 is 1.17 bits per heavy atom. The molecule has 2 aromatic heterocycles. The molecule has 1 amide bonds. The SMILES string of the molecule is C=CC(=O)N1CCN(c2nc(=O)n(-c3ccccc3C(C)C)c3c2CCN(c2c(C)ccc4[nH]ncc24)C3)C(CC)C1. The molecule has 1 saturated heterocycles. The summed E-state index contributed by atoms with van der Waals surface area (Å²) < 4.78 is 1.85. The summed E-state index contributed by atoms with van der Waals surface area (Å²) in [5, 5.41) is 8.50. The normalized spacial score (nSPS) is 17.2. The van der Waals surface area contributed by atoms with Crippen LogP contribution in [-0.2, 0) is 17.8 Å². The fourth-order valence-electron chi connectivity index (χ4n) is 6.72. The molecule has 1 N–H and O–H groups in total. The van der Waals surface area contributed by atoms with Gasteiger partial charge in [-0.3, -0.25) is 14.5 Å². The highest BCUT2D eigenvalue weighted by Gasteiger charge is 2.34. The van der Waals surface area contributed by atoms with Crippen LogP contribution in [0.4, 0.5) is 11.5 Å². The van der Waals surface area contributed by atoms with E-state index in [1.165, 1.54) is 11.6 Å². The van der Waals surface area contributed by atoms with Gasteiger partial charge in [0.25, 0.3) is 0 Å². The number of benzene rings is 2. The van der Waals surface area contributed by atoms with Crippen LogP contribution in [0.5, 0.6) is 0 Å². The first-order chi connectivity index (χ1) is 20.3. The smallest absolute Gasteiger partial charge is 0.354 e. The predicted octanol–water partition coefficient (Wildman–Crippen LogP) is 4.72. The number of H-pyrrole nitrogens is 1. The highest BCUT2D eigenvalue weighted by Crippen LogP contribution is 2.37. The fraction of sp³-hybridized carbons (Fsp3) is 0.394. The lowest BCUT2D eigenvalue weighted by Crippen LogP contribution is -2.55. The first-order valence-corrected chi connectivity index (χ1v) is 14.9. The van der Waals surface area contributed by atoms with E-state index in [0.29, 0.717) is 26.2 Å². The number of aromatic nitrogens is 4. The van der Waals surface area contributed by atoms with Crippen molar-refractivity contribution in [3.8, 4) is 5.69 Å². The van der Waals surface area contributed by atoms with E-state index in [0.717, 1.165) is 64.3 Å². The second-order valence-corrected chi connectivity index (χ2v) is 11.7. The van der Waals surface area contributed by atoms with E-state index in [1.807, 2.05) is 33.9 Å². The number of carbonyl (C=O) groups is 1. The first-order valence-electron chi connectivity index (χ1n) is 14.9. The lowest BCUT2D eigenvalue weighted by Gasteiger charge is -2.43. The quantitative estimate of drug-likeness (QED) is 0.341. The summed E-state index contributed by atoms with van der Waals surface area (Å²) in [7, 11) is 0. The molecule has 1 unspecified atom stereocenters. The summed E-state index contributed by atoms with van der Waals surface area (Å²) in [4.78, 5) is 37.9. The van der Waals surface area contributed by atoms with Gasteiger partial charge in [0.1, 0.15) is 5.82 Å². The van der Waals surface area contributed by atoms with Gasteiger partial charge in [0, 0.05) is 43.2 Å². The second-order valence-electron chi connectivity index (χ2n) is 11.7. The molecule has 2 aliphatic rings. The van der Waals surface area contributed by atoms with Gasteiger partial charge in [-0.2, -0.15) is 10.1 Å². The maximum atomic E-state index is 14.1. The van der Waals surface area contributed by atoms with Crippen LogP contribution in [0.3, 0.4) is 0 Å². The Morgan fingerprint density at radius 3 is 2.74 bits per heavy atom. The highest BCUT2D eigenvalue weighted by molar-refractivity contribution is 5.93. The molecule has 0 saturated carbocycles. The summed E-state index contributed by atoms with van der Waals surface area (Å²) >= 11 is 0. The average Bonchev–Trinajstić information content (AvgIpc) is 3.48. The van der Waals surface area contributed by atoms with Crippen molar-refractivity contribution >= 4 is 28.3 Å². The summed E-state index contributed by atoms with van der Waals surface area (Å²) in [6.07, 6.45) is 4.86. The molecular formula is C33H39N7O2. The number of nitrogens with one attached hydrogen (secondary N) is 1. The fourth-order valence-corrected chi connectivity index (χ4v) is 6.72. The molecule has 0 bridgehead atoms. The van der Waals surface area contributed by atoms with E-state index in [2.05, 4.69) is 72.5 Å². The third-order valence-corrected chi connectivity index (χ3v) is 8.88. The lowest BCUT2D eigenvalue weighted by molar-refractivity contribution is -0.126. The topological polar surface area (TPSA) is 90.4 Å². The summed E-state index contributed by atoms with van der Waals surface area (Å²) in [6, 6.07) is 12.4. The van der Waals surface area contributed by atoms with Gasteiger partial charge in [0.2, 0.25) is 5.91 Å². The Balaban J connectivity index is 1.52. The zero-order valence-corrected chi connectivity index (χ0v) is 24.9. The molecule has 0 radical (unpaired) electrons. The van der Waals surface area contributed by atoms with Crippen LogP contribution in [0, 0.1) is 6.92 Å². The number of hydrogen-bond donors (Lipinski definition) is 1. The van der Waals surface area contributed by atoms with Crippen molar-refractivity contribution in [2.75, 3.05) is 36.0 Å². The summed E-state index contributed by atoms with van der Waals surface area (Å²) in [6.45, 7) is 15.4. The number of rotatable bonds is 6. The van der Waals surface area contributed by atoms with Gasteiger partial charge in [-0.25, -0.2) is 4.79 Å². The third-order valence-electron chi connectivity index (χ3n) is 8.88. The zero-order chi connectivity index (χ0) is 29.5. The zero-order valence-electron chi connectivity index (χ0n) is 24.9. The van der Waals surface area contributed by atoms with Crippen molar-refractivity contribution < 1.29 is 4.79 Å². The third kappa shape index (κ3) is 4.66. The largest absolute Gasteiger partial charge is 0.365 e. The van der Waals surface area contributed by atoms with E-state index in [4.69, 9.17) is 4.98 Å². The Morgan fingerprint density at radius 2 is 1.98 bits per heavy atom. The molecule has 6 rings (SSSR count). The number of para-hydroxylation sites is 1. The van der Waals surface area contributed by atoms with Crippen LogP contribution in [0.25, 0.3) is 16.6 Å². The minimum atomic E-state index is -0.267. The predicted molar refractivity (Wildman–Crippen MR) is 168 cm³/mol. The highest BCUT2D eigenvalue weighted by atomic mass is 16.2. The van der Waals surface area contributed by atoms with Crippen molar-refractivity contribution in [2.45, 2.75) is 59.0 Å². The number of aryl methyl sites for hydroxylation is 1. The van der Waals surface area contributed by atoms with Gasteiger partial charge in [-0.1, -0.05) is 51.6 Å². The van der Waals surface area contributed by atoms with Gasteiger partial charge >= 0.3 is 5.69 Å². The van der Waals surface area contributed by atoms with E-state index in [1.54, 1.807) is 0 Å². The summed E-state index contributed by atoms with van der Waals surface area (Å²) in [5.41, 5.74) is 7.14. The van der Waals surface area contributed by atoms with Crippen molar-refractivity contribution in [2.24, 2.45) is 0 Å². The van der Waals surface area contributed by atoms with Gasteiger partial charge in [-0.05, 0) is 55.0 Å². The first kappa shape index (κ1) is 27.8. The molecule has 0 spiro atoms. The molecule has 42 heavy (non-hydrogen) atoms. The molecule has 2 aromatic carbocycles. The summed E-state index contributed by atoms with van der Waals surface area (Å²) in [5.74, 6) is 0.956. The van der Waals surface area contributed by atoms with Gasteiger partial charge in [0.15, 0.2) is 0 Å². The molecule has 4 heterocycles. The molecule has 1 fully saturated rings. The monoisotopic (exact) mass is 565 g/mol. The van der Waals surface area contributed by atoms with Gasteiger partial charge < -0.3 is 14.7 Å². The standard InChI is InChI=1S/C33H39N7O2/c1-6-23-19-37(30(41)7-2)16-17-39(23)32-25-14-15-38(31-22(5)12-13-27-26(31)18-34-36-27)20-29(25)40(33(42)35-32)28-11-9-8-10-24(28)21(3)4/h7-13,18,21,23H,2,6,14-17,19-20H2,1,3-5H3,(H,34,36). The van der Waals surface area contributed by atoms with Crippen LogP contribution >= 0.6 is 0 Å². The number of nitrogens with zero attached hydrogens (tertiary/aromatic N) is 6. The number of anilines is 2. The average molecular weight is 566 g/mol. The number of fused-ring (bicyclic) bond motifs is 2. The molecular weight excluding hydrogens is 526 g/mol. The van der Waals surface area contributed by atoms with Gasteiger partial charge in [0.05, 0.1) is 35.3 Å². The van der Waals surface area contributed by atoms with Crippen LogP contribution in [0.15, 0.2) is 60.0 Å². The maximum absolute atomic E-state index is 14.1. The Bertz CT molecular complexity index is 1720. The molecule has 4 aromatic rings. The Labute approximate surface area is 246 Å². The number of piperazine rings is 1. The van der Waals surface area contributed by atoms with Crippen molar-refractivity contribution in [1.29, 1.82) is 0 Å². The molecule has 218 valence electrons. The number of amides is 1. The lowest BCUT2D eigenvalue weighted by atomic mass is 9.98. The van der Waals surface area contributed by atoms with E-state index in [9.17, 15) is 9.59 Å². The number of hydrogen-bond acceptors (Lipinski definition) is 6. The molecule has 9 heteroatoms. The van der Waals surface area contributed by atoms with Crippen LogP contribution < -0.4 is 15.5 Å². The van der Waals surface area contributed by atoms with Crippen molar-refractivity contribution in [3.05, 3.63) is 88.1 Å². The number of carbonyl (C=O) groups excluding carboxylic acids is 1. The maximum Gasteiger partial charge on any atom is 0.354 e. The number of aromatic amines is 1. The minimum Gasteiger partial charge on any atom is -0.365 e. The van der Waals surface area contributed by atoms with Gasteiger partial charge in [-0.15, -0.1) is 0 Å². The van der Waals surface area contributed by atoms with Crippen LogP contribution in [0.2, 0.25) is 0 Å². The van der Waals surface area contributed by atoms with E-state index >= 15 is 0 Å². The Kier molecular flexibility index (Phi) is 7.35. The molecule has 0 aliphatic carbocycles. The minimum absolute atomic E-state index is 0.0526. The molecule has 1 atom stereocenters. The van der Waals surface area contributed by atoms with Crippen molar-refractivity contribution in [3.63, 3.8) is 0 Å². The molecule has 9 nitrogen and oxygen atoms in total. The van der Waals surface area contributed by atoms with Crippen LogP contribution in [-0.4, -0.2) is 62.8 Å². The van der Waals surface area contributed by atoms with Crippen LogP contribution in [0.1, 0.15) is 55.5 Å². The van der Waals surface area contributed by atoms with E-state index in [-0.39, 0.29) is 23.6 Å². The molecule has 2 aliphatic heterocycles. The van der Waals surface area contributed by atoms with E-state index < -0.39 is 0 Å². The second kappa shape index (κ2) is 11.1.